The van der Waals surface area contributed by atoms with E-state index in [1.165, 1.54) is 0 Å². The van der Waals surface area contributed by atoms with Crippen molar-refractivity contribution in [3.05, 3.63) is 30.3 Å². The van der Waals surface area contributed by atoms with E-state index in [0.29, 0.717) is 35.8 Å². The Morgan fingerprint density at radius 2 is 2.12 bits per heavy atom. The van der Waals surface area contributed by atoms with Gasteiger partial charge in [0.15, 0.2) is 0 Å². The van der Waals surface area contributed by atoms with Crippen LogP contribution in [0.4, 0.5) is 0 Å². The SMILES string of the molecule is NCC([SiH3])(C(=O)Oc1ccccc1)C1COC1. The maximum absolute atomic E-state index is 12.2. The van der Waals surface area contributed by atoms with Gasteiger partial charge in [-0.15, -0.1) is 0 Å². The molecule has 92 valence electrons. The zero-order chi connectivity index (χ0) is 12.3. The first kappa shape index (κ1) is 12.3. The third-order valence-corrected chi connectivity index (χ3v) is 5.02. The van der Waals surface area contributed by atoms with Gasteiger partial charge in [-0.05, 0) is 12.1 Å². The number of rotatable bonds is 4. The molecule has 2 rings (SSSR count). The number of benzene rings is 1. The molecule has 2 N–H and O–H groups in total. The van der Waals surface area contributed by atoms with Crippen molar-refractivity contribution >= 4 is 16.2 Å². The summed E-state index contributed by atoms with van der Waals surface area (Å²) in [5.41, 5.74) is 5.75. The van der Waals surface area contributed by atoms with Gasteiger partial charge in [-0.1, -0.05) is 18.2 Å². The average Bonchev–Trinajstić information content (AvgIpc) is 2.27. The van der Waals surface area contributed by atoms with Gasteiger partial charge in [0.1, 0.15) is 5.75 Å². The normalized spacial score (nSPS) is 19.4. The third kappa shape index (κ3) is 2.41. The van der Waals surface area contributed by atoms with Crippen LogP contribution in [0, 0.1) is 5.92 Å². The Morgan fingerprint density at radius 1 is 1.47 bits per heavy atom. The molecule has 1 aromatic rings. The average molecular weight is 251 g/mol. The van der Waals surface area contributed by atoms with Crippen LogP contribution in [0.1, 0.15) is 0 Å². The van der Waals surface area contributed by atoms with Crippen LogP contribution in [0.15, 0.2) is 30.3 Å². The fourth-order valence-corrected chi connectivity index (χ4v) is 2.17. The highest BCUT2D eigenvalue weighted by Gasteiger charge is 2.45. The molecule has 0 spiro atoms. The molecule has 1 atom stereocenters. The Hall–Kier alpha value is -1.17. The molecule has 1 aliphatic heterocycles. The molecule has 0 amide bonds. The van der Waals surface area contributed by atoms with Gasteiger partial charge in [-0.3, -0.25) is 4.79 Å². The van der Waals surface area contributed by atoms with E-state index in [1.54, 1.807) is 12.1 Å². The molecule has 0 bridgehead atoms. The van der Waals surface area contributed by atoms with Crippen molar-refractivity contribution in [1.82, 2.24) is 0 Å². The summed E-state index contributed by atoms with van der Waals surface area (Å²) < 4.78 is 10.5. The minimum Gasteiger partial charge on any atom is -0.426 e. The monoisotopic (exact) mass is 251 g/mol. The van der Waals surface area contributed by atoms with E-state index >= 15 is 0 Å². The summed E-state index contributed by atoms with van der Waals surface area (Å²) >= 11 is 0. The molecular formula is C12H17NO3Si. The molecule has 0 aliphatic carbocycles. The number of carbonyl (C=O) groups excluding carboxylic acids is 1. The molecule has 5 heteroatoms. The first-order valence-corrected chi connectivity index (χ1v) is 6.72. The summed E-state index contributed by atoms with van der Waals surface area (Å²) in [6, 6.07) is 9.11. The summed E-state index contributed by atoms with van der Waals surface area (Å²) in [4.78, 5) is 12.2. The van der Waals surface area contributed by atoms with Gasteiger partial charge >= 0.3 is 5.97 Å². The van der Waals surface area contributed by atoms with Crippen LogP contribution in [0.3, 0.4) is 0 Å². The van der Waals surface area contributed by atoms with Gasteiger partial charge in [-0.2, -0.15) is 0 Å². The molecule has 1 aliphatic rings. The molecular weight excluding hydrogens is 234 g/mol. The fourth-order valence-electron chi connectivity index (χ4n) is 1.73. The molecule has 1 aromatic carbocycles. The van der Waals surface area contributed by atoms with Crippen molar-refractivity contribution in [3.63, 3.8) is 0 Å². The van der Waals surface area contributed by atoms with Crippen LogP contribution in [0.25, 0.3) is 0 Å². The van der Waals surface area contributed by atoms with Crippen LogP contribution in [0.5, 0.6) is 5.75 Å². The minimum absolute atomic E-state index is 0.217. The molecule has 4 nitrogen and oxygen atoms in total. The number of ether oxygens (including phenoxy) is 2. The zero-order valence-electron chi connectivity index (χ0n) is 9.89. The second-order valence-corrected chi connectivity index (χ2v) is 6.34. The number of para-hydroxylation sites is 1. The Morgan fingerprint density at radius 3 is 2.59 bits per heavy atom. The predicted molar refractivity (Wildman–Crippen MR) is 68.1 cm³/mol. The predicted octanol–water partition coefficient (Wildman–Crippen LogP) is -0.279. The van der Waals surface area contributed by atoms with Crippen molar-refractivity contribution in [2.45, 2.75) is 5.04 Å². The highest BCUT2D eigenvalue weighted by molar-refractivity contribution is 6.28. The van der Waals surface area contributed by atoms with Crippen molar-refractivity contribution in [1.29, 1.82) is 0 Å². The highest BCUT2D eigenvalue weighted by atomic mass is 28.1. The Bertz CT molecular complexity index is 394. The summed E-state index contributed by atoms with van der Waals surface area (Å²) in [6.45, 7) is 1.56. The van der Waals surface area contributed by atoms with Crippen LogP contribution in [-0.4, -0.2) is 36.0 Å². The maximum Gasteiger partial charge on any atom is 0.315 e. The van der Waals surface area contributed by atoms with Crippen LogP contribution >= 0.6 is 0 Å². The van der Waals surface area contributed by atoms with Crippen molar-refractivity contribution in [3.8, 4) is 5.75 Å². The number of esters is 1. The van der Waals surface area contributed by atoms with E-state index in [9.17, 15) is 4.79 Å². The van der Waals surface area contributed by atoms with Crippen molar-refractivity contribution in [2.24, 2.45) is 11.7 Å². The lowest BCUT2D eigenvalue weighted by Gasteiger charge is -2.39. The van der Waals surface area contributed by atoms with Gasteiger partial charge in [0.05, 0.1) is 18.3 Å². The molecule has 0 aromatic heterocycles. The smallest absolute Gasteiger partial charge is 0.315 e. The second kappa shape index (κ2) is 4.99. The summed E-state index contributed by atoms with van der Waals surface area (Å²) in [6.07, 6.45) is 0. The number of nitrogens with two attached hydrogens (primary N) is 1. The largest absolute Gasteiger partial charge is 0.426 e. The Labute approximate surface area is 104 Å². The van der Waals surface area contributed by atoms with Crippen molar-refractivity contribution in [2.75, 3.05) is 19.8 Å². The quantitative estimate of drug-likeness (QED) is 0.454. The van der Waals surface area contributed by atoms with Gasteiger partial charge in [0.25, 0.3) is 0 Å². The zero-order valence-corrected chi connectivity index (χ0v) is 11.9. The van der Waals surface area contributed by atoms with Crippen molar-refractivity contribution < 1.29 is 14.3 Å². The first-order chi connectivity index (χ1) is 8.16. The van der Waals surface area contributed by atoms with Gasteiger partial charge in [0.2, 0.25) is 0 Å². The fraction of sp³-hybridized carbons (Fsp3) is 0.417. The second-order valence-electron chi connectivity index (χ2n) is 4.56. The van der Waals surface area contributed by atoms with E-state index in [4.69, 9.17) is 15.2 Å². The lowest BCUT2D eigenvalue weighted by molar-refractivity contribution is -0.146. The van der Waals surface area contributed by atoms with Gasteiger partial charge < -0.3 is 15.2 Å². The maximum atomic E-state index is 12.2. The minimum atomic E-state index is -0.520. The lowest BCUT2D eigenvalue weighted by Crippen LogP contribution is -2.49. The Kier molecular flexibility index (Phi) is 3.61. The van der Waals surface area contributed by atoms with Gasteiger partial charge in [0, 0.05) is 22.7 Å². The molecule has 1 unspecified atom stereocenters. The summed E-state index contributed by atoms with van der Waals surface area (Å²) in [5, 5.41) is -0.520. The molecule has 0 radical (unpaired) electrons. The summed E-state index contributed by atoms with van der Waals surface area (Å²) in [7, 11) is 0.679. The standard InChI is InChI=1S/C12H17NO3Si/c13-8-12(17,9-6-15-7-9)11(14)16-10-4-2-1-3-5-10/h1-5,9H,6-8,13H2,17H3. The number of hydrogen-bond donors (Lipinski definition) is 1. The van der Waals surface area contributed by atoms with Crippen LogP contribution < -0.4 is 10.5 Å². The number of carbonyl (C=O) groups is 1. The molecule has 0 saturated carbocycles. The van der Waals surface area contributed by atoms with Gasteiger partial charge in [-0.25, -0.2) is 0 Å². The van der Waals surface area contributed by atoms with Crippen LogP contribution in [-0.2, 0) is 9.53 Å². The lowest BCUT2D eigenvalue weighted by atomic mass is 9.89. The first-order valence-electron chi connectivity index (χ1n) is 5.72. The molecule has 17 heavy (non-hydrogen) atoms. The van der Waals surface area contributed by atoms with E-state index in [2.05, 4.69) is 0 Å². The van der Waals surface area contributed by atoms with E-state index in [-0.39, 0.29) is 11.9 Å². The van der Waals surface area contributed by atoms with Crippen LogP contribution in [0.2, 0.25) is 5.04 Å². The summed E-state index contributed by atoms with van der Waals surface area (Å²) in [5.74, 6) is 0.577. The van der Waals surface area contributed by atoms with E-state index in [0.717, 1.165) is 0 Å². The van der Waals surface area contributed by atoms with E-state index < -0.39 is 5.04 Å². The topological polar surface area (TPSA) is 61.6 Å². The molecule has 1 heterocycles. The van der Waals surface area contributed by atoms with E-state index in [1.807, 2.05) is 18.2 Å². The highest BCUT2D eigenvalue weighted by Crippen LogP contribution is 2.37. The Balaban J connectivity index is 2.07. The third-order valence-electron chi connectivity index (χ3n) is 3.38. The molecule has 1 saturated heterocycles. The number of hydrogen-bond acceptors (Lipinski definition) is 4. The molecule has 1 fully saturated rings.